The van der Waals surface area contributed by atoms with Gasteiger partial charge >= 0.3 is 5.97 Å². The molecule has 0 radical (unpaired) electrons. The van der Waals surface area contributed by atoms with E-state index >= 15 is 0 Å². The van der Waals surface area contributed by atoms with Crippen LogP contribution < -0.4 is 10.6 Å². The van der Waals surface area contributed by atoms with Crippen molar-refractivity contribution >= 4 is 29.2 Å². The Morgan fingerprint density at radius 2 is 1.45 bits per heavy atom. The van der Waals surface area contributed by atoms with Gasteiger partial charge in [-0.25, -0.2) is 4.79 Å². The van der Waals surface area contributed by atoms with Crippen LogP contribution in [0.2, 0.25) is 0 Å². The van der Waals surface area contributed by atoms with Crippen LogP contribution in [-0.2, 0) is 4.79 Å². The molecule has 1 aromatic heterocycles. The van der Waals surface area contributed by atoms with E-state index in [2.05, 4.69) is 10.6 Å². The fourth-order valence-corrected chi connectivity index (χ4v) is 2.82. The first kappa shape index (κ1) is 18.5. The number of furan rings is 1. The normalized spacial score (nSPS) is 13.0. The molecular weight excluding hydrogens is 372 g/mol. The van der Waals surface area contributed by atoms with E-state index in [0.29, 0.717) is 28.3 Å². The van der Waals surface area contributed by atoms with E-state index < -0.39 is 5.97 Å². The number of carboxylic acid groups (broad SMARTS) is 1. The van der Waals surface area contributed by atoms with Crippen LogP contribution in [0.15, 0.2) is 65.1 Å². The highest BCUT2D eigenvalue weighted by atomic mass is 16.4. The van der Waals surface area contributed by atoms with Gasteiger partial charge in [-0.05, 0) is 73.5 Å². The number of hydrogen-bond acceptors (Lipinski definition) is 4. The Bertz CT molecular complexity index is 1060. The van der Waals surface area contributed by atoms with Crippen LogP contribution in [0.5, 0.6) is 0 Å². The monoisotopic (exact) mass is 390 g/mol. The molecule has 0 unspecified atom stereocenters. The van der Waals surface area contributed by atoms with Gasteiger partial charge in [-0.2, -0.15) is 0 Å². The number of carboxylic acids is 1. The minimum Gasteiger partial charge on any atom is -0.475 e. The summed E-state index contributed by atoms with van der Waals surface area (Å²) in [7, 11) is 0. The minimum atomic E-state index is -1.13. The highest BCUT2D eigenvalue weighted by molar-refractivity contribution is 6.04. The lowest BCUT2D eigenvalue weighted by Crippen LogP contribution is -2.14. The van der Waals surface area contributed by atoms with Crippen molar-refractivity contribution in [3.05, 3.63) is 72.0 Å². The van der Waals surface area contributed by atoms with Crippen molar-refractivity contribution in [1.29, 1.82) is 0 Å². The van der Waals surface area contributed by atoms with Gasteiger partial charge < -0.3 is 20.2 Å². The molecule has 1 aliphatic carbocycles. The molecule has 3 aromatic rings. The number of nitrogens with one attached hydrogen (secondary N) is 2. The zero-order valence-corrected chi connectivity index (χ0v) is 15.3. The topological polar surface area (TPSA) is 109 Å². The summed E-state index contributed by atoms with van der Waals surface area (Å²) >= 11 is 0. The van der Waals surface area contributed by atoms with Gasteiger partial charge in [0, 0.05) is 28.4 Å². The maximum atomic E-state index is 12.4. The predicted molar refractivity (Wildman–Crippen MR) is 107 cm³/mol. The Kier molecular flexibility index (Phi) is 4.87. The molecule has 7 heteroatoms. The second kappa shape index (κ2) is 7.63. The Morgan fingerprint density at radius 3 is 2.03 bits per heavy atom. The average Bonchev–Trinajstić information content (AvgIpc) is 3.45. The van der Waals surface area contributed by atoms with Gasteiger partial charge in [0.2, 0.25) is 11.7 Å². The average molecular weight is 390 g/mol. The van der Waals surface area contributed by atoms with Gasteiger partial charge in [0.15, 0.2) is 0 Å². The van der Waals surface area contributed by atoms with E-state index in [-0.39, 0.29) is 23.5 Å². The number of amides is 2. The molecule has 0 spiro atoms. The second-order valence-corrected chi connectivity index (χ2v) is 6.84. The summed E-state index contributed by atoms with van der Waals surface area (Å²) in [5, 5.41) is 14.6. The summed E-state index contributed by atoms with van der Waals surface area (Å²) in [5.41, 5.74) is 2.43. The van der Waals surface area contributed by atoms with E-state index in [1.807, 2.05) is 0 Å². The summed E-state index contributed by atoms with van der Waals surface area (Å²) in [6.07, 6.45) is 1.87. The first-order valence-electron chi connectivity index (χ1n) is 9.15. The molecule has 29 heavy (non-hydrogen) atoms. The van der Waals surface area contributed by atoms with Gasteiger partial charge in [0.25, 0.3) is 5.91 Å². The molecule has 0 saturated heterocycles. The summed E-state index contributed by atoms with van der Waals surface area (Å²) in [4.78, 5) is 35.1. The summed E-state index contributed by atoms with van der Waals surface area (Å²) in [6, 6.07) is 16.6. The van der Waals surface area contributed by atoms with Gasteiger partial charge in [-0.3, -0.25) is 9.59 Å². The Balaban J connectivity index is 1.38. The van der Waals surface area contributed by atoms with Crippen LogP contribution in [0, 0.1) is 5.92 Å². The molecule has 146 valence electrons. The van der Waals surface area contributed by atoms with Crippen LogP contribution in [0.3, 0.4) is 0 Å². The van der Waals surface area contributed by atoms with E-state index in [4.69, 9.17) is 9.52 Å². The number of carbonyl (C=O) groups is 3. The molecule has 7 nitrogen and oxygen atoms in total. The number of rotatable bonds is 6. The van der Waals surface area contributed by atoms with E-state index in [1.165, 1.54) is 6.07 Å². The largest absolute Gasteiger partial charge is 0.475 e. The maximum Gasteiger partial charge on any atom is 0.371 e. The fraction of sp³-hybridized carbons (Fsp3) is 0.136. The molecule has 0 atom stereocenters. The first-order chi connectivity index (χ1) is 14.0. The first-order valence-corrected chi connectivity index (χ1v) is 9.15. The molecule has 1 aliphatic rings. The van der Waals surface area contributed by atoms with Crippen molar-refractivity contribution < 1.29 is 23.9 Å². The zero-order valence-electron chi connectivity index (χ0n) is 15.3. The third-order valence-corrected chi connectivity index (χ3v) is 4.61. The molecule has 0 bridgehead atoms. The van der Waals surface area contributed by atoms with Crippen molar-refractivity contribution in [2.24, 2.45) is 5.92 Å². The molecule has 1 fully saturated rings. The lowest BCUT2D eigenvalue weighted by atomic mass is 10.1. The molecular formula is C22H18N2O5. The molecule has 2 amide bonds. The van der Waals surface area contributed by atoms with Gasteiger partial charge in [0.05, 0.1) is 0 Å². The van der Waals surface area contributed by atoms with Gasteiger partial charge in [-0.1, -0.05) is 0 Å². The highest BCUT2D eigenvalue weighted by Gasteiger charge is 2.29. The summed E-state index contributed by atoms with van der Waals surface area (Å²) in [5.74, 6) is -0.951. The standard InChI is InChI=1S/C22H18N2O5/c25-20(14-1-2-14)24-17-9-5-15(6-10-17)21(26)23-16-7-3-13(4-8-16)18-11-12-19(29-18)22(27)28/h3-12,14H,1-2H2,(H,23,26)(H,24,25)(H,27,28). The van der Waals surface area contributed by atoms with Crippen LogP contribution in [0.1, 0.15) is 33.8 Å². The number of carbonyl (C=O) groups excluding carboxylic acids is 2. The van der Waals surface area contributed by atoms with Crippen molar-refractivity contribution in [1.82, 2.24) is 0 Å². The van der Waals surface area contributed by atoms with Gasteiger partial charge in [0.1, 0.15) is 5.76 Å². The number of hydrogen-bond donors (Lipinski definition) is 3. The molecule has 1 saturated carbocycles. The van der Waals surface area contributed by atoms with Crippen molar-refractivity contribution in [3.63, 3.8) is 0 Å². The van der Waals surface area contributed by atoms with Crippen LogP contribution in [-0.4, -0.2) is 22.9 Å². The lowest BCUT2D eigenvalue weighted by molar-refractivity contribution is -0.117. The zero-order chi connectivity index (χ0) is 20.4. The van der Waals surface area contributed by atoms with E-state index in [1.54, 1.807) is 54.6 Å². The number of aromatic carboxylic acids is 1. The Morgan fingerprint density at radius 1 is 0.828 bits per heavy atom. The van der Waals surface area contributed by atoms with Crippen molar-refractivity contribution in [2.45, 2.75) is 12.8 Å². The molecule has 3 N–H and O–H groups in total. The van der Waals surface area contributed by atoms with Crippen LogP contribution in [0.4, 0.5) is 11.4 Å². The smallest absolute Gasteiger partial charge is 0.371 e. The number of anilines is 2. The summed E-state index contributed by atoms with van der Waals surface area (Å²) < 4.78 is 5.26. The fourth-order valence-electron chi connectivity index (χ4n) is 2.82. The second-order valence-electron chi connectivity index (χ2n) is 6.84. The van der Waals surface area contributed by atoms with Crippen molar-refractivity contribution in [2.75, 3.05) is 10.6 Å². The van der Waals surface area contributed by atoms with Crippen molar-refractivity contribution in [3.8, 4) is 11.3 Å². The molecule has 4 rings (SSSR count). The number of benzene rings is 2. The van der Waals surface area contributed by atoms with Crippen LogP contribution >= 0.6 is 0 Å². The minimum absolute atomic E-state index is 0.0225. The maximum absolute atomic E-state index is 12.4. The van der Waals surface area contributed by atoms with E-state index in [0.717, 1.165) is 12.8 Å². The lowest BCUT2D eigenvalue weighted by Gasteiger charge is -2.08. The Hall–Kier alpha value is -3.87. The third kappa shape index (κ3) is 4.35. The predicted octanol–water partition coefficient (Wildman–Crippen LogP) is 4.25. The molecule has 1 heterocycles. The molecule has 0 aliphatic heterocycles. The highest BCUT2D eigenvalue weighted by Crippen LogP contribution is 2.30. The quantitative estimate of drug-likeness (QED) is 0.583. The SMILES string of the molecule is O=C(Nc1ccc(-c2ccc(C(=O)O)o2)cc1)c1ccc(NC(=O)C2CC2)cc1. The summed E-state index contributed by atoms with van der Waals surface area (Å²) in [6.45, 7) is 0. The van der Waals surface area contributed by atoms with Gasteiger partial charge in [-0.15, -0.1) is 0 Å². The molecule has 2 aromatic carbocycles. The third-order valence-electron chi connectivity index (χ3n) is 4.61. The van der Waals surface area contributed by atoms with E-state index in [9.17, 15) is 14.4 Å². The Labute approximate surface area is 166 Å². The van der Waals surface area contributed by atoms with Crippen LogP contribution in [0.25, 0.3) is 11.3 Å².